The minimum absolute atomic E-state index is 0.0178. The Kier molecular flexibility index (Phi) is 6.00. The Labute approximate surface area is 150 Å². The second-order valence-electron chi connectivity index (χ2n) is 8.35. The zero-order valence-electron chi connectivity index (χ0n) is 16.2. The molecule has 0 saturated carbocycles. The number of para-hydroxylation sites is 1. The first kappa shape index (κ1) is 20.7. The minimum Gasteiger partial charge on any atom is -0.507 e. The lowest BCUT2D eigenvalue weighted by Gasteiger charge is -2.27. The Morgan fingerprint density at radius 2 is 1.00 bits per heavy atom. The Morgan fingerprint density at radius 1 is 0.640 bits per heavy atom. The zero-order valence-corrected chi connectivity index (χ0v) is 16.2. The summed E-state index contributed by atoms with van der Waals surface area (Å²) in [6.07, 6.45) is 0. The number of hydrogen-bond acceptors (Lipinski definition) is 4. The SMILES string of the molecule is Cc1cc(C(C)(C)C)c(O)c(C(C)(C)C)c1.Oc1cccc(O)c1O. The van der Waals surface area contributed by atoms with E-state index in [2.05, 4.69) is 60.6 Å². The predicted octanol–water partition coefficient (Wildman–Crippen LogP) is 5.10. The molecule has 4 nitrogen and oxygen atoms in total. The van der Waals surface area contributed by atoms with Crippen molar-refractivity contribution in [3.63, 3.8) is 0 Å². The van der Waals surface area contributed by atoms with E-state index in [0.29, 0.717) is 5.75 Å². The van der Waals surface area contributed by atoms with Crippen LogP contribution in [0.4, 0.5) is 0 Å². The number of rotatable bonds is 0. The number of phenolic OH excluding ortho intramolecular Hbond substituents is 4. The van der Waals surface area contributed by atoms with Gasteiger partial charge in [0.15, 0.2) is 17.2 Å². The number of benzene rings is 2. The summed E-state index contributed by atoms with van der Waals surface area (Å²) in [5.41, 5.74) is 3.26. The highest BCUT2D eigenvalue weighted by molar-refractivity contribution is 5.49. The van der Waals surface area contributed by atoms with E-state index in [9.17, 15) is 5.11 Å². The van der Waals surface area contributed by atoms with Crippen LogP contribution in [0.25, 0.3) is 0 Å². The second-order valence-corrected chi connectivity index (χ2v) is 8.35. The van der Waals surface area contributed by atoms with Gasteiger partial charge in [0, 0.05) is 0 Å². The molecule has 4 N–H and O–H groups in total. The van der Waals surface area contributed by atoms with Crippen LogP contribution >= 0.6 is 0 Å². The monoisotopic (exact) mass is 346 g/mol. The smallest absolute Gasteiger partial charge is 0.200 e. The molecule has 2 aromatic carbocycles. The summed E-state index contributed by atoms with van der Waals surface area (Å²) in [6.45, 7) is 14.9. The molecule has 138 valence electrons. The van der Waals surface area contributed by atoms with Crippen molar-refractivity contribution in [1.82, 2.24) is 0 Å². The predicted molar refractivity (Wildman–Crippen MR) is 102 cm³/mol. The van der Waals surface area contributed by atoms with E-state index in [4.69, 9.17) is 15.3 Å². The number of aryl methyl sites for hydroxylation is 1. The molecule has 0 atom stereocenters. The normalized spacial score (nSPS) is 11.6. The van der Waals surface area contributed by atoms with Crippen molar-refractivity contribution in [2.24, 2.45) is 0 Å². The van der Waals surface area contributed by atoms with Crippen molar-refractivity contribution < 1.29 is 20.4 Å². The quantitative estimate of drug-likeness (QED) is 0.500. The molecule has 0 unspecified atom stereocenters. The topological polar surface area (TPSA) is 80.9 Å². The van der Waals surface area contributed by atoms with E-state index in [0.717, 1.165) is 11.1 Å². The van der Waals surface area contributed by atoms with Gasteiger partial charge in [-0.15, -0.1) is 0 Å². The molecule has 0 bridgehead atoms. The molecule has 2 aromatic rings. The average molecular weight is 346 g/mol. The Hall–Kier alpha value is -2.36. The molecular weight excluding hydrogens is 316 g/mol. The van der Waals surface area contributed by atoms with Gasteiger partial charge in [-0.25, -0.2) is 0 Å². The second kappa shape index (κ2) is 7.26. The van der Waals surface area contributed by atoms with E-state index in [1.165, 1.54) is 23.8 Å². The molecule has 2 rings (SSSR count). The van der Waals surface area contributed by atoms with E-state index in [1.807, 2.05) is 0 Å². The molecule has 0 aliphatic rings. The third kappa shape index (κ3) is 5.31. The van der Waals surface area contributed by atoms with Crippen LogP contribution in [0, 0.1) is 6.92 Å². The van der Waals surface area contributed by atoms with Crippen LogP contribution in [-0.2, 0) is 10.8 Å². The maximum Gasteiger partial charge on any atom is 0.200 e. The highest BCUT2D eigenvalue weighted by Gasteiger charge is 2.25. The van der Waals surface area contributed by atoms with Gasteiger partial charge in [0.05, 0.1) is 0 Å². The largest absolute Gasteiger partial charge is 0.507 e. The molecule has 4 heteroatoms. The molecule has 0 radical (unpaired) electrons. The standard InChI is InChI=1S/C15H24O.C6H6O3/c1-10-8-11(14(2,3)4)13(16)12(9-10)15(5,6)7;7-4-2-1-3-5(8)6(4)9/h8-9,16H,1-7H3;1-3,7-9H. The van der Waals surface area contributed by atoms with Crippen molar-refractivity contribution in [1.29, 1.82) is 0 Å². The van der Waals surface area contributed by atoms with E-state index in [-0.39, 0.29) is 22.3 Å². The van der Waals surface area contributed by atoms with Gasteiger partial charge in [0.25, 0.3) is 0 Å². The molecular formula is C21H30O4. The van der Waals surface area contributed by atoms with Gasteiger partial charge < -0.3 is 20.4 Å². The third-order valence-electron chi connectivity index (χ3n) is 3.86. The lowest BCUT2D eigenvalue weighted by Crippen LogP contribution is -2.17. The van der Waals surface area contributed by atoms with Crippen LogP contribution in [0.2, 0.25) is 0 Å². The van der Waals surface area contributed by atoms with Gasteiger partial charge >= 0.3 is 0 Å². The van der Waals surface area contributed by atoms with Crippen LogP contribution in [0.1, 0.15) is 58.2 Å². The van der Waals surface area contributed by atoms with Crippen LogP contribution in [0.3, 0.4) is 0 Å². The molecule has 0 amide bonds. The number of hydrogen-bond donors (Lipinski definition) is 4. The van der Waals surface area contributed by atoms with Crippen LogP contribution in [0.15, 0.2) is 30.3 Å². The lowest BCUT2D eigenvalue weighted by molar-refractivity contribution is 0.368. The summed E-state index contributed by atoms with van der Waals surface area (Å²) in [5.74, 6) is -0.631. The van der Waals surface area contributed by atoms with E-state index in [1.54, 1.807) is 0 Å². The maximum atomic E-state index is 10.4. The van der Waals surface area contributed by atoms with Crippen molar-refractivity contribution in [3.8, 4) is 23.0 Å². The summed E-state index contributed by atoms with van der Waals surface area (Å²) in [6, 6.07) is 8.18. The average Bonchev–Trinajstić information content (AvgIpc) is 2.45. The lowest BCUT2D eigenvalue weighted by atomic mass is 9.78. The molecule has 0 aliphatic heterocycles. The van der Waals surface area contributed by atoms with Crippen LogP contribution in [0.5, 0.6) is 23.0 Å². The Balaban J connectivity index is 0.000000293. The molecule has 0 saturated heterocycles. The van der Waals surface area contributed by atoms with Crippen molar-refractivity contribution in [3.05, 3.63) is 47.0 Å². The summed E-state index contributed by atoms with van der Waals surface area (Å²) in [7, 11) is 0. The number of phenols is 4. The minimum atomic E-state index is -0.475. The van der Waals surface area contributed by atoms with Gasteiger partial charge in [-0.3, -0.25) is 0 Å². The van der Waals surface area contributed by atoms with Gasteiger partial charge in [-0.2, -0.15) is 0 Å². The molecule has 0 heterocycles. The van der Waals surface area contributed by atoms with Gasteiger partial charge in [0.1, 0.15) is 5.75 Å². The molecule has 0 spiro atoms. The molecule has 25 heavy (non-hydrogen) atoms. The molecule has 0 aliphatic carbocycles. The Morgan fingerprint density at radius 3 is 1.28 bits per heavy atom. The van der Waals surface area contributed by atoms with Gasteiger partial charge in [-0.1, -0.05) is 65.3 Å². The van der Waals surface area contributed by atoms with Crippen molar-refractivity contribution in [2.75, 3.05) is 0 Å². The zero-order chi connectivity index (χ0) is 19.6. The maximum absolute atomic E-state index is 10.4. The fraction of sp³-hybridized carbons (Fsp3) is 0.429. The fourth-order valence-corrected chi connectivity index (χ4v) is 2.44. The van der Waals surface area contributed by atoms with E-state index < -0.39 is 5.75 Å². The number of aromatic hydroxyl groups is 4. The summed E-state index contributed by atoms with van der Waals surface area (Å²) in [4.78, 5) is 0. The summed E-state index contributed by atoms with van der Waals surface area (Å²) in [5, 5.41) is 36.5. The summed E-state index contributed by atoms with van der Waals surface area (Å²) >= 11 is 0. The first-order chi connectivity index (χ1) is 11.2. The van der Waals surface area contributed by atoms with Crippen LogP contribution < -0.4 is 0 Å². The third-order valence-corrected chi connectivity index (χ3v) is 3.86. The van der Waals surface area contributed by atoms with Gasteiger partial charge in [-0.05, 0) is 41.0 Å². The molecule has 0 fully saturated rings. The highest BCUT2D eigenvalue weighted by atomic mass is 16.3. The Bertz CT molecular complexity index is 679. The first-order valence-corrected chi connectivity index (χ1v) is 8.29. The first-order valence-electron chi connectivity index (χ1n) is 8.29. The van der Waals surface area contributed by atoms with Gasteiger partial charge in [0.2, 0.25) is 0 Å². The highest BCUT2D eigenvalue weighted by Crippen LogP contribution is 2.39. The summed E-state index contributed by atoms with van der Waals surface area (Å²) < 4.78 is 0. The molecule has 0 aromatic heterocycles. The van der Waals surface area contributed by atoms with Crippen molar-refractivity contribution in [2.45, 2.75) is 59.3 Å². The fourth-order valence-electron chi connectivity index (χ4n) is 2.44. The van der Waals surface area contributed by atoms with E-state index >= 15 is 0 Å². The van der Waals surface area contributed by atoms with Crippen LogP contribution in [-0.4, -0.2) is 20.4 Å². The van der Waals surface area contributed by atoms with Crippen molar-refractivity contribution >= 4 is 0 Å².